The van der Waals surface area contributed by atoms with Crippen LogP contribution < -0.4 is 19.9 Å². The van der Waals surface area contributed by atoms with Crippen molar-refractivity contribution in [3.05, 3.63) is 30.4 Å². The summed E-state index contributed by atoms with van der Waals surface area (Å²) in [6.45, 7) is 4.71. The highest BCUT2D eigenvalue weighted by atomic mass is 16.5. The summed E-state index contributed by atoms with van der Waals surface area (Å²) in [6, 6.07) is 3.73. The lowest BCUT2D eigenvalue weighted by Gasteiger charge is -2.15. The second-order valence-electron chi connectivity index (χ2n) is 3.81. The molecule has 1 aromatic carbocycles. The summed E-state index contributed by atoms with van der Waals surface area (Å²) in [6.07, 6.45) is 3.70. The van der Waals surface area contributed by atoms with Gasteiger partial charge in [-0.1, -0.05) is 6.08 Å². The Kier molecular flexibility index (Phi) is 6.08. The lowest BCUT2D eigenvalue weighted by atomic mass is 10.2. The molecule has 18 heavy (non-hydrogen) atoms. The predicted octanol–water partition coefficient (Wildman–Crippen LogP) is 2.51. The van der Waals surface area contributed by atoms with Gasteiger partial charge in [0.2, 0.25) is 5.75 Å². The fourth-order valence-electron chi connectivity index (χ4n) is 1.60. The number of unbranched alkanes of at least 4 members (excludes halogenated alkanes) is 1. The Balaban J connectivity index is 2.88. The number of hydrogen-bond donors (Lipinski definition) is 1. The van der Waals surface area contributed by atoms with Crippen molar-refractivity contribution in [2.75, 3.05) is 20.8 Å². The van der Waals surface area contributed by atoms with Gasteiger partial charge >= 0.3 is 0 Å². The van der Waals surface area contributed by atoms with Crippen LogP contribution in [0.3, 0.4) is 0 Å². The monoisotopic (exact) mass is 251 g/mol. The van der Waals surface area contributed by atoms with Gasteiger partial charge < -0.3 is 19.9 Å². The third kappa shape index (κ3) is 3.67. The minimum absolute atomic E-state index is 0.434. The first-order chi connectivity index (χ1) is 8.76. The molecule has 2 N–H and O–H groups in total. The molecule has 0 radical (unpaired) electrons. The number of ether oxygens (including phenoxy) is 3. The van der Waals surface area contributed by atoms with Gasteiger partial charge in [0, 0.05) is 6.54 Å². The van der Waals surface area contributed by atoms with Crippen LogP contribution in [0.4, 0.5) is 0 Å². The molecule has 1 aromatic rings. The number of allylic oxidation sites excluding steroid dienone is 1. The summed E-state index contributed by atoms with van der Waals surface area (Å²) in [7, 11) is 3.21. The molecule has 4 nitrogen and oxygen atoms in total. The number of methoxy groups -OCH3 is 2. The van der Waals surface area contributed by atoms with Crippen molar-refractivity contribution in [2.45, 2.75) is 19.4 Å². The summed E-state index contributed by atoms with van der Waals surface area (Å²) < 4.78 is 16.3. The van der Waals surface area contributed by atoms with E-state index in [0.29, 0.717) is 30.4 Å². The highest BCUT2D eigenvalue weighted by molar-refractivity contribution is 5.53. The Morgan fingerprint density at radius 1 is 1.22 bits per heavy atom. The second-order valence-corrected chi connectivity index (χ2v) is 3.81. The van der Waals surface area contributed by atoms with Gasteiger partial charge in [-0.05, 0) is 30.5 Å². The van der Waals surface area contributed by atoms with Crippen LogP contribution in [0.15, 0.2) is 24.8 Å². The molecule has 0 saturated heterocycles. The van der Waals surface area contributed by atoms with Crippen molar-refractivity contribution in [1.82, 2.24) is 0 Å². The number of benzene rings is 1. The van der Waals surface area contributed by atoms with Gasteiger partial charge in [-0.15, -0.1) is 6.58 Å². The fraction of sp³-hybridized carbons (Fsp3) is 0.429. The van der Waals surface area contributed by atoms with Crippen LogP contribution in [0, 0.1) is 0 Å². The lowest BCUT2D eigenvalue weighted by Crippen LogP contribution is -2.04. The van der Waals surface area contributed by atoms with Crippen LogP contribution in [0.25, 0.3) is 0 Å². The summed E-state index contributed by atoms with van der Waals surface area (Å²) in [5, 5.41) is 0. The standard InChI is InChI=1S/C14H21NO3/c1-4-5-6-7-18-14-12(16-2)8-11(10-15)9-13(14)17-3/h4,8-9H,1,5-7,10,15H2,2-3H3. The molecule has 0 atom stereocenters. The van der Waals surface area contributed by atoms with Crippen LogP contribution in [0.1, 0.15) is 18.4 Å². The minimum atomic E-state index is 0.434. The first kappa shape index (κ1) is 14.4. The smallest absolute Gasteiger partial charge is 0.203 e. The zero-order valence-corrected chi connectivity index (χ0v) is 11.1. The Morgan fingerprint density at radius 2 is 1.83 bits per heavy atom. The molecule has 4 heteroatoms. The predicted molar refractivity (Wildman–Crippen MR) is 72.4 cm³/mol. The van der Waals surface area contributed by atoms with Crippen LogP contribution in [-0.2, 0) is 6.54 Å². The maximum atomic E-state index is 5.71. The number of nitrogens with two attached hydrogens (primary N) is 1. The first-order valence-corrected chi connectivity index (χ1v) is 5.95. The van der Waals surface area contributed by atoms with E-state index in [9.17, 15) is 0 Å². The van der Waals surface area contributed by atoms with Gasteiger partial charge in [0.25, 0.3) is 0 Å². The van der Waals surface area contributed by atoms with Gasteiger partial charge in [-0.2, -0.15) is 0 Å². The summed E-state index contributed by atoms with van der Waals surface area (Å²) in [5.41, 5.74) is 6.57. The van der Waals surface area contributed by atoms with Gasteiger partial charge in [0.1, 0.15) is 0 Å². The molecular formula is C14H21NO3. The molecule has 100 valence electrons. The van der Waals surface area contributed by atoms with Crippen LogP contribution in [0.5, 0.6) is 17.2 Å². The second kappa shape index (κ2) is 7.61. The molecule has 0 aliphatic carbocycles. The van der Waals surface area contributed by atoms with Crippen molar-refractivity contribution in [3.8, 4) is 17.2 Å². The average Bonchev–Trinajstić information content (AvgIpc) is 2.42. The topological polar surface area (TPSA) is 53.7 Å². The van der Waals surface area contributed by atoms with Gasteiger partial charge in [-0.25, -0.2) is 0 Å². The van der Waals surface area contributed by atoms with E-state index in [0.717, 1.165) is 18.4 Å². The molecule has 0 aromatic heterocycles. The summed E-state index contributed by atoms with van der Waals surface area (Å²) in [5.74, 6) is 1.92. The molecule has 0 spiro atoms. The van der Waals surface area contributed by atoms with E-state index < -0.39 is 0 Å². The normalized spacial score (nSPS) is 9.94. The van der Waals surface area contributed by atoms with E-state index >= 15 is 0 Å². The van der Waals surface area contributed by atoms with Gasteiger partial charge in [0.05, 0.1) is 20.8 Å². The Bertz CT molecular complexity index is 366. The van der Waals surface area contributed by atoms with Crippen LogP contribution in [0.2, 0.25) is 0 Å². The van der Waals surface area contributed by atoms with Crippen LogP contribution in [-0.4, -0.2) is 20.8 Å². The molecule has 0 amide bonds. The van der Waals surface area contributed by atoms with E-state index in [4.69, 9.17) is 19.9 Å². The quantitative estimate of drug-likeness (QED) is 0.569. The Morgan fingerprint density at radius 3 is 2.28 bits per heavy atom. The zero-order valence-electron chi connectivity index (χ0n) is 11.1. The first-order valence-electron chi connectivity index (χ1n) is 5.95. The van der Waals surface area contributed by atoms with Crippen molar-refractivity contribution in [1.29, 1.82) is 0 Å². The molecular weight excluding hydrogens is 230 g/mol. The number of rotatable bonds is 8. The SMILES string of the molecule is C=CCCCOc1c(OC)cc(CN)cc1OC. The highest BCUT2D eigenvalue weighted by Crippen LogP contribution is 2.38. The highest BCUT2D eigenvalue weighted by Gasteiger charge is 2.13. The zero-order chi connectivity index (χ0) is 13.4. The molecule has 0 heterocycles. The van der Waals surface area contributed by atoms with E-state index in [1.165, 1.54) is 0 Å². The van der Waals surface area contributed by atoms with Crippen molar-refractivity contribution >= 4 is 0 Å². The largest absolute Gasteiger partial charge is 0.493 e. The minimum Gasteiger partial charge on any atom is -0.493 e. The molecule has 0 saturated carbocycles. The third-order valence-corrected chi connectivity index (χ3v) is 2.56. The summed E-state index contributed by atoms with van der Waals surface area (Å²) >= 11 is 0. The van der Waals surface area contributed by atoms with Crippen molar-refractivity contribution < 1.29 is 14.2 Å². The van der Waals surface area contributed by atoms with E-state index in [-0.39, 0.29) is 0 Å². The maximum absolute atomic E-state index is 5.71. The molecule has 0 fully saturated rings. The van der Waals surface area contributed by atoms with E-state index in [1.54, 1.807) is 14.2 Å². The van der Waals surface area contributed by atoms with Gasteiger partial charge in [-0.3, -0.25) is 0 Å². The lowest BCUT2D eigenvalue weighted by molar-refractivity contribution is 0.271. The maximum Gasteiger partial charge on any atom is 0.203 e. The molecule has 0 aliphatic rings. The molecule has 0 bridgehead atoms. The van der Waals surface area contributed by atoms with E-state index in [2.05, 4.69) is 6.58 Å². The molecule has 0 unspecified atom stereocenters. The summed E-state index contributed by atoms with van der Waals surface area (Å²) in [4.78, 5) is 0. The van der Waals surface area contributed by atoms with Crippen molar-refractivity contribution in [3.63, 3.8) is 0 Å². The Labute approximate surface area is 108 Å². The Hall–Kier alpha value is -1.68. The third-order valence-electron chi connectivity index (χ3n) is 2.56. The molecule has 1 rings (SSSR count). The van der Waals surface area contributed by atoms with Gasteiger partial charge in [0.15, 0.2) is 11.5 Å². The average molecular weight is 251 g/mol. The molecule has 0 aliphatic heterocycles. The van der Waals surface area contributed by atoms with Crippen molar-refractivity contribution in [2.24, 2.45) is 5.73 Å². The van der Waals surface area contributed by atoms with E-state index in [1.807, 2.05) is 18.2 Å². The number of hydrogen-bond acceptors (Lipinski definition) is 4. The fourth-order valence-corrected chi connectivity index (χ4v) is 1.60. The van der Waals surface area contributed by atoms with Crippen LogP contribution >= 0.6 is 0 Å².